The van der Waals surface area contributed by atoms with Crippen LogP contribution >= 0.6 is 11.3 Å². The molecule has 0 radical (unpaired) electrons. The fourth-order valence-electron chi connectivity index (χ4n) is 6.60. The zero-order valence-electron chi connectivity index (χ0n) is 23.0. The van der Waals surface area contributed by atoms with Crippen molar-refractivity contribution in [3.05, 3.63) is 69.9 Å². The maximum absolute atomic E-state index is 14.3. The van der Waals surface area contributed by atoms with Crippen molar-refractivity contribution in [2.45, 2.75) is 51.0 Å². The van der Waals surface area contributed by atoms with Crippen molar-refractivity contribution >= 4 is 27.8 Å². The number of pyridine rings is 1. The Kier molecular flexibility index (Phi) is 6.68. The molecule has 4 aromatic rings. The highest BCUT2D eigenvalue weighted by atomic mass is 32.1. The second kappa shape index (κ2) is 10.4. The molecule has 0 amide bonds. The number of imidazole rings is 1. The van der Waals surface area contributed by atoms with E-state index >= 15 is 0 Å². The number of thiazole rings is 1. The molecule has 3 fully saturated rings. The average molecular weight is 589 g/mol. The maximum atomic E-state index is 14.3. The highest BCUT2D eigenvalue weighted by molar-refractivity contribution is 7.19. The lowest BCUT2D eigenvalue weighted by Gasteiger charge is -2.32. The number of carboxylic acids is 1. The first-order valence-corrected chi connectivity index (χ1v) is 14.9. The lowest BCUT2D eigenvalue weighted by molar-refractivity contribution is -0.0593. The van der Waals surface area contributed by atoms with Gasteiger partial charge in [0.15, 0.2) is 10.5 Å². The molecule has 0 bridgehead atoms. The first kappa shape index (κ1) is 26.9. The van der Waals surface area contributed by atoms with E-state index in [0.717, 1.165) is 55.4 Å². The Bertz CT molecular complexity index is 1730. The van der Waals surface area contributed by atoms with Crippen LogP contribution in [-0.2, 0) is 29.8 Å². The molecule has 1 aliphatic carbocycles. The predicted molar refractivity (Wildman–Crippen MR) is 151 cm³/mol. The van der Waals surface area contributed by atoms with Crippen molar-refractivity contribution in [2.75, 3.05) is 19.7 Å². The van der Waals surface area contributed by atoms with Crippen LogP contribution in [0.1, 0.15) is 52.2 Å². The molecule has 1 N–H and O–H groups in total. The minimum atomic E-state index is -1.04. The Morgan fingerprint density at radius 1 is 1.31 bits per heavy atom. The number of aromatic carboxylic acids is 1. The number of nitrogens with zero attached hydrogens (tertiary/aromatic N) is 6. The number of rotatable bonds is 9. The fraction of sp³-hybridized carbons (Fsp3) is 0.433. The van der Waals surface area contributed by atoms with Gasteiger partial charge in [-0.05, 0) is 49.4 Å². The molecule has 3 aromatic heterocycles. The lowest BCUT2D eigenvalue weighted by Crippen LogP contribution is -2.37. The smallest absolute Gasteiger partial charge is 0.365 e. The molecule has 7 rings (SSSR count). The molecule has 12 heteroatoms. The second-order valence-corrected chi connectivity index (χ2v) is 12.3. The molecule has 2 saturated heterocycles. The Morgan fingerprint density at radius 2 is 2.17 bits per heavy atom. The highest BCUT2D eigenvalue weighted by Gasteiger charge is 2.65. The molecule has 216 valence electrons. The molecule has 5 heterocycles. The van der Waals surface area contributed by atoms with Gasteiger partial charge in [-0.15, -0.1) is 0 Å². The summed E-state index contributed by atoms with van der Waals surface area (Å²) in [6.07, 6.45) is 2.02. The number of hydrogen-bond donors (Lipinski definition) is 1. The Labute approximate surface area is 245 Å². The van der Waals surface area contributed by atoms with Crippen molar-refractivity contribution in [3.8, 4) is 11.9 Å². The zero-order valence-corrected chi connectivity index (χ0v) is 23.8. The maximum Gasteiger partial charge on any atom is 0.365 e. The molecule has 3 aliphatic rings. The summed E-state index contributed by atoms with van der Waals surface area (Å²) in [5.74, 6) is 0.727. The third-order valence-electron chi connectivity index (χ3n) is 9.14. The quantitative estimate of drug-likeness (QED) is 0.303. The van der Waals surface area contributed by atoms with Crippen molar-refractivity contribution < 1.29 is 23.8 Å². The number of ether oxygens (including phenoxy) is 2. The number of likely N-dealkylation sites (tertiary alicyclic amines) is 1. The van der Waals surface area contributed by atoms with Crippen LogP contribution in [0.25, 0.3) is 10.5 Å². The number of piperidine rings is 1. The van der Waals surface area contributed by atoms with Gasteiger partial charge in [-0.3, -0.25) is 4.90 Å². The van der Waals surface area contributed by atoms with E-state index in [1.807, 2.05) is 16.7 Å². The van der Waals surface area contributed by atoms with Crippen molar-refractivity contribution in [1.82, 2.24) is 24.4 Å². The summed E-state index contributed by atoms with van der Waals surface area (Å²) in [4.78, 5) is 28.6. The molecular formula is C30H29FN6O4S. The van der Waals surface area contributed by atoms with Gasteiger partial charge in [0.25, 0.3) is 0 Å². The molecular weight excluding hydrogens is 559 g/mol. The number of aromatic nitrogens is 4. The van der Waals surface area contributed by atoms with Gasteiger partial charge >= 0.3 is 5.97 Å². The van der Waals surface area contributed by atoms with Crippen LogP contribution < -0.4 is 4.74 Å². The molecule has 2 aliphatic heterocycles. The minimum Gasteiger partial charge on any atom is -0.476 e. The number of halogens is 1. The number of hydrogen-bond acceptors (Lipinski definition) is 9. The van der Waals surface area contributed by atoms with Gasteiger partial charge in [-0.1, -0.05) is 30.4 Å². The summed E-state index contributed by atoms with van der Waals surface area (Å²) in [6.45, 7) is 6.11. The van der Waals surface area contributed by atoms with Gasteiger partial charge in [0.2, 0.25) is 10.9 Å². The van der Waals surface area contributed by atoms with Crippen LogP contribution in [-0.4, -0.2) is 61.3 Å². The Balaban J connectivity index is 1.05. The van der Waals surface area contributed by atoms with E-state index in [1.54, 1.807) is 18.2 Å². The highest BCUT2D eigenvalue weighted by Crippen LogP contribution is 2.63. The molecule has 1 unspecified atom stereocenters. The standard InChI is InChI=1S/C30H29FN6O4S/c1-17-21-14-36(15-24-34-27-26(35-28(42-27)29(38)39)37(24)13-20-7-10-40-20)9-8-30(17,21)23-3-2-4-25(33-23)41-16-19-6-5-18(12-32)11-22(19)31/h2-6,11,17,20-21H,7-10,13-16H2,1H3,(H,38,39)/t17-,20-,21+,30?/m0/s1. The molecule has 1 aromatic carbocycles. The first-order chi connectivity index (χ1) is 20.4. The number of carbonyl (C=O) groups is 1. The van der Waals surface area contributed by atoms with Crippen molar-refractivity contribution in [2.24, 2.45) is 11.8 Å². The normalized spacial score (nSPS) is 25.0. The lowest BCUT2D eigenvalue weighted by atomic mass is 9.90. The molecule has 0 spiro atoms. The number of benzene rings is 1. The summed E-state index contributed by atoms with van der Waals surface area (Å²) in [7, 11) is 0. The van der Waals surface area contributed by atoms with Crippen molar-refractivity contribution in [3.63, 3.8) is 0 Å². The fourth-order valence-corrected chi connectivity index (χ4v) is 7.40. The van der Waals surface area contributed by atoms with Crippen LogP contribution in [0.4, 0.5) is 4.39 Å². The first-order valence-electron chi connectivity index (χ1n) is 14.1. The zero-order chi connectivity index (χ0) is 29.0. The third-order valence-corrected chi connectivity index (χ3v) is 10.1. The molecule has 10 nitrogen and oxygen atoms in total. The summed E-state index contributed by atoms with van der Waals surface area (Å²) in [5, 5.41) is 18.4. The topological polar surface area (TPSA) is 126 Å². The van der Waals surface area contributed by atoms with Gasteiger partial charge < -0.3 is 19.1 Å². The molecule has 42 heavy (non-hydrogen) atoms. The van der Waals surface area contributed by atoms with E-state index in [2.05, 4.69) is 22.9 Å². The van der Waals surface area contributed by atoms with Crippen LogP contribution in [0.5, 0.6) is 5.88 Å². The van der Waals surface area contributed by atoms with E-state index in [0.29, 0.717) is 46.8 Å². The van der Waals surface area contributed by atoms with E-state index < -0.39 is 11.8 Å². The minimum absolute atomic E-state index is 0.0248. The van der Waals surface area contributed by atoms with Crippen LogP contribution in [0, 0.1) is 29.0 Å². The predicted octanol–water partition coefficient (Wildman–Crippen LogP) is 4.37. The van der Waals surface area contributed by atoms with Gasteiger partial charge in [0, 0.05) is 30.2 Å². The molecule has 1 saturated carbocycles. The van der Waals surface area contributed by atoms with Gasteiger partial charge in [0.1, 0.15) is 18.2 Å². The third kappa shape index (κ3) is 4.62. The van der Waals surface area contributed by atoms with Crippen LogP contribution in [0.2, 0.25) is 0 Å². The van der Waals surface area contributed by atoms with Crippen LogP contribution in [0.3, 0.4) is 0 Å². The monoisotopic (exact) mass is 588 g/mol. The van der Waals surface area contributed by atoms with E-state index in [1.165, 1.54) is 6.07 Å². The number of carboxylic acid groups (broad SMARTS) is 1. The van der Waals surface area contributed by atoms with Crippen molar-refractivity contribution in [1.29, 1.82) is 5.26 Å². The Hall–Kier alpha value is -3.92. The summed E-state index contributed by atoms with van der Waals surface area (Å²) in [5.41, 5.74) is 2.25. The largest absolute Gasteiger partial charge is 0.476 e. The number of fused-ring (bicyclic) bond motifs is 2. The summed E-state index contributed by atoms with van der Waals surface area (Å²) < 4.78 is 27.9. The van der Waals surface area contributed by atoms with E-state index in [-0.39, 0.29) is 28.7 Å². The van der Waals surface area contributed by atoms with E-state index in [9.17, 15) is 14.3 Å². The number of nitriles is 1. The Morgan fingerprint density at radius 3 is 2.88 bits per heavy atom. The molecule has 4 atom stereocenters. The van der Waals surface area contributed by atoms with Gasteiger partial charge in [-0.25, -0.2) is 24.1 Å². The summed E-state index contributed by atoms with van der Waals surface area (Å²) in [6, 6.07) is 12.1. The van der Waals surface area contributed by atoms with Crippen LogP contribution in [0.15, 0.2) is 36.4 Å². The average Bonchev–Trinajstić information content (AvgIpc) is 3.21. The SMILES string of the molecule is C[C@H]1[C@H]2CN(Cc3nc4sc(C(=O)O)nc4n3C[C@@H]3CCO3)CCC21c1cccc(OCc2ccc(C#N)cc2F)n1. The van der Waals surface area contributed by atoms with Gasteiger partial charge in [0.05, 0.1) is 36.5 Å². The van der Waals surface area contributed by atoms with E-state index in [4.69, 9.17) is 24.7 Å². The van der Waals surface area contributed by atoms with Gasteiger partial charge in [-0.2, -0.15) is 5.26 Å². The summed E-state index contributed by atoms with van der Waals surface area (Å²) >= 11 is 1.11. The second-order valence-electron chi connectivity index (χ2n) is 11.4.